The van der Waals surface area contributed by atoms with E-state index in [0.717, 1.165) is 11.1 Å². The summed E-state index contributed by atoms with van der Waals surface area (Å²) in [6.45, 7) is 3.73. The van der Waals surface area contributed by atoms with Gasteiger partial charge in [0.1, 0.15) is 6.54 Å². The number of carbonyl (C=O) groups excluding carboxylic acids is 2. The largest absolute Gasteiger partial charge is 0.350 e. The summed E-state index contributed by atoms with van der Waals surface area (Å²) in [7, 11) is 0. The lowest BCUT2D eigenvalue weighted by Gasteiger charge is -2.21. The van der Waals surface area contributed by atoms with E-state index in [1.54, 1.807) is 18.2 Å². The second-order valence-electron chi connectivity index (χ2n) is 5.47. The Bertz CT molecular complexity index is 745. The zero-order chi connectivity index (χ0) is 17.7. The highest BCUT2D eigenvalue weighted by Crippen LogP contribution is 2.27. The van der Waals surface area contributed by atoms with Crippen molar-refractivity contribution >= 4 is 40.7 Å². The first-order valence-corrected chi connectivity index (χ1v) is 8.18. The van der Waals surface area contributed by atoms with Gasteiger partial charge in [-0.2, -0.15) is 0 Å². The minimum Gasteiger partial charge on any atom is -0.350 e. The average molecular weight is 365 g/mol. The molecule has 0 unspecified atom stereocenters. The van der Waals surface area contributed by atoms with Crippen molar-refractivity contribution in [2.45, 2.75) is 20.4 Å². The molecule has 24 heavy (non-hydrogen) atoms. The van der Waals surface area contributed by atoms with Crippen molar-refractivity contribution in [1.82, 2.24) is 5.32 Å². The third-order valence-electron chi connectivity index (χ3n) is 3.51. The topological polar surface area (TPSA) is 49.4 Å². The van der Waals surface area contributed by atoms with Crippen LogP contribution in [0.25, 0.3) is 0 Å². The summed E-state index contributed by atoms with van der Waals surface area (Å²) in [4.78, 5) is 25.4. The minimum absolute atomic E-state index is 0.0842. The van der Waals surface area contributed by atoms with Gasteiger partial charge < -0.3 is 10.2 Å². The van der Waals surface area contributed by atoms with Crippen LogP contribution < -0.4 is 10.2 Å². The molecule has 0 aromatic heterocycles. The number of nitrogens with one attached hydrogen (secondary N) is 1. The normalized spacial score (nSPS) is 10.3. The van der Waals surface area contributed by atoms with E-state index in [0.29, 0.717) is 22.3 Å². The molecule has 0 atom stereocenters. The fourth-order valence-corrected chi connectivity index (χ4v) is 2.44. The van der Waals surface area contributed by atoms with E-state index in [-0.39, 0.29) is 18.4 Å². The molecule has 4 nitrogen and oxygen atoms in total. The number of aryl methyl sites for hydroxylation is 1. The Hall–Kier alpha value is -2.04. The Balaban J connectivity index is 2.01. The second-order valence-corrected chi connectivity index (χ2v) is 6.28. The van der Waals surface area contributed by atoms with Crippen LogP contribution in [-0.2, 0) is 16.1 Å². The second kappa shape index (κ2) is 8.18. The molecule has 0 bridgehead atoms. The van der Waals surface area contributed by atoms with Gasteiger partial charge in [-0.3, -0.25) is 9.59 Å². The van der Waals surface area contributed by atoms with E-state index < -0.39 is 0 Å². The summed E-state index contributed by atoms with van der Waals surface area (Å²) in [6, 6.07) is 12.7. The van der Waals surface area contributed by atoms with Crippen LogP contribution in [0.4, 0.5) is 5.69 Å². The minimum atomic E-state index is -0.253. The molecular formula is C18H18Cl2N2O2. The molecular weight excluding hydrogens is 347 g/mol. The van der Waals surface area contributed by atoms with E-state index in [2.05, 4.69) is 5.32 Å². The lowest BCUT2D eigenvalue weighted by atomic mass is 10.1. The lowest BCUT2D eigenvalue weighted by Crippen LogP contribution is -2.39. The molecule has 1 N–H and O–H groups in total. The number of nitrogens with zero attached hydrogens (tertiary/aromatic N) is 1. The van der Waals surface area contributed by atoms with E-state index in [4.69, 9.17) is 23.2 Å². The van der Waals surface area contributed by atoms with Gasteiger partial charge in [0, 0.05) is 19.2 Å². The van der Waals surface area contributed by atoms with E-state index in [9.17, 15) is 9.59 Å². The quantitative estimate of drug-likeness (QED) is 0.872. The summed E-state index contributed by atoms with van der Waals surface area (Å²) < 4.78 is 0. The molecule has 0 saturated carbocycles. The first-order chi connectivity index (χ1) is 11.4. The first kappa shape index (κ1) is 18.3. The lowest BCUT2D eigenvalue weighted by molar-refractivity contribution is -0.123. The maximum atomic E-state index is 12.2. The van der Waals surface area contributed by atoms with Gasteiger partial charge >= 0.3 is 0 Å². The van der Waals surface area contributed by atoms with Crippen LogP contribution >= 0.6 is 23.2 Å². The Morgan fingerprint density at radius 1 is 1.04 bits per heavy atom. The first-order valence-electron chi connectivity index (χ1n) is 7.42. The third kappa shape index (κ3) is 4.98. The predicted octanol–water partition coefficient (Wildman–Crippen LogP) is 3.97. The van der Waals surface area contributed by atoms with Gasteiger partial charge in [0.25, 0.3) is 0 Å². The zero-order valence-corrected chi connectivity index (χ0v) is 15.0. The highest BCUT2D eigenvalue weighted by atomic mass is 35.5. The summed E-state index contributed by atoms with van der Waals surface area (Å²) in [6.07, 6.45) is 0. The van der Waals surface area contributed by atoms with Crippen LogP contribution in [0.5, 0.6) is 0 Å². The number of halogens is 2. The molecule has 0 aliphatic heterocycles. The monoisotopic (exact) mass is 364 g/mol. The Kier molecular flexibility index (Phi) is 6.23. The summed E-state index contributed by atoms with van der Waals surface area (Å²) in [5.41, 5.74) is 2.69. The number of anilines is 1. The molecule has 0 heterocycles. The van der Waals surface area contributed by atoms with Crippen molar-refractivity contribution in [1.29, 1.82) is 0 Å². The van der Waals surface area contributed by atoms with Gasteiger partial charge in [0.2, 0.25) is 11.8 Å². The van der Waals surface area contributed by atoms with Crippen molar-refractivity contribution in [3.63, 3.8) is 0 Å². The summed E-state index contributed by atoms with van der Waals surface area (Å²) in [5.74, 6) is -0.504. The number of amides is 2. The van der Waals surface area contributed by atoms with Crippen LogP contribution in [0.15, 0.2) is 42.5 Å². The maximum Gasteiger partial charge on any atom is 0.240 e. The van der Waals surface area contributed by atoms with Gasteiger partial charge in [-0.05, 0) is 30.7 Å². The number of hydrogen-bond acceptors (Lipinski definition) is 2. The van der Waals surface area contributed by atoms with Crippen LogP contribution in [0.2, 0.25) is 10.0 Å². The highest BCUT2D eigenvalue weighted by molar-refractivity contribution is 6.42. The van der Waals surface area contributed by atoms with E-state index in [1.165, 1.54) is 11.8 Å². The van der Waals surface area contributed by atoms with Crippen molar-refractivity contribution in [3.8, 4) is 0 Å². The molecule has 2 rings (SSSR count). The van der Waals surface area contributed by atoms with Gasteiger partial charge in [0.05, 0.1) is 10.0 Å². The molecule has 0 aliphatic rings. The van der Waals surface area contributed by atoms with Gasteiger partial charge in [-0.1, -0.05) is 53.0 Å². The Labute approximate surface area is 151 Å². The fourth-order valence-electron chi connectivity index (χ4n) is 2.14. The van der Waals surface area contributed by atoms with Gasteiger partial charge in [-0.15, -0.1) is 0 Å². The van der Waals surface area contributed by atoms with Crippen molar-refractivity contribution in [2.24, 2.45) is 0 Å². The van der Waals surface area contributed by atoms with Gasteiger partial charge in [0.15, 0.2) is 0 Å². The van der Waals surface area contributed by atoms with Crippen LogP contribution in [0, 0.1) is 6.92 Å². The Morgan fingerprint density at radius 3 is 2.29 bits per heavy atom. The summed E-state index contributed by atoms with van der Waals surface area (Å²) >= 11 is 11.9. The third-order valence-corrected chi connectivity index (χ3v) is 4.25. The molecule has 0 saturated heterocycles. The highest BCUT2D eigenvalue weighted by Gasteiger charge is 2.16. The SMILES string of the molecule is CC(=O)N(CC(=O)NCc1ccc(C)cc1)c1ccc(Cl)c(Cl)c1. The van der Waals surface area contributed by atoms with Crippen LogP contribution in [0.1, 0.15) is 18.1 Å². The molecule has 126 valence electrons. The standard InChI is InChI=1S/C18H18Cl2N2O2/c1-12-3-5-14(6-4-12)10-21-18(24)11-22(13(2)23)15-7-8-16(19)17(20)9-15/h3-9H,10-11H2,1-2H3,(H,21,24). The maximum absolute atomic E-state index is 12.2. The molecule has 0 aliphatic carbocycles. The molecule has 6 heteroatoms. The summed E-state index contributed by atoms with van der Waals surface area (Å²) in [5, 5.41) is 3.54. The van der Waals surface area contributed by atoms with Crippen LogP contribution in [0.3, 0.4) is 0 Å². The predicted molar refractivity (Wildman–Crippen MR) is 97.5 cm³/mol. The number of carbonyl (C=O) groups is 2. The molecule has 0 radical (unpaired) electrons. The van der Waals surface area contributed by atoms with Crippen LogP contribution in [-0.4, -0.2) is 18.4 Å². The van der Waals surface area contributed by atoms with E-state index in [1.807, 2.05) is 31.2 Å². The number of rotatable bonds is 5. The van der Waals surface area contributed by atoms with Crippen molar-refractivity contribution in [2.75, 3.05) is 11.4 Å². The van der Waals surface area contributed by atoms with Crippen molar-refractivity contribution < 1.29 is 9.59 Å². The van der Waals surface area contributed by atoms with E-state index >= 15 is 0 Å². The van der Waals surface area contributed by atoms with Gasteiger partial charge in [-0.25, -0.2) is 0 Å². The smallest absolute Gasteiger partial charge is 0.240 e. The fraction of sp³-hybridized carbons (Fsp3) is 0.222. The molecule has 0 fully saturated rings. The molecule has 2 aromatic rings. The zero-order valence-electron chi connectivity index (χ0n) is 13.5. The molecule has 2 amide bonds. The number of hydrogen-bond donors (Lipinski definition) is 1. The molecule has 2 aromatic carbocycles. The van der Waals surface area contributed by atoms with Crippen molar-refractivity contribution in [3.05, 3.63) is 63.6 Å². The Morgan fingerprint density at radius 2 is 1.71 bits per heavy atom. The molecule has 0 spiro atoms. The number of benzene rings is 2. The average Bonchev–Trinajstić information content (AvgIpc) is 2.54.